The molecule has 1 atom stereocenters. The maximum Gasteiger partial charge on any atom is 0.241 e. The maximum absolute atomic E-state index is 11.6. The normalized spacial score (nSPS) is 20.2. The second-order valence-electron chi connectivity index (χ2n) is 6.03. The smallest absolute Gasteiger partial charge is 0.241 e. The zero-order chi connectivity index (χ0) is 16.4. The Kier molecular flexibility index (Phi) is 4.50. The summed E-state index contributed by atoms with van der Waals surface area (Å²) in [6, 6.07) is 8.11. The second kappa shape index (κ2) is 6.41. The van der Waals surface area contributed by atoms with Crippen molar-refractivity contribution in [3.63, 3.8) is 0 Å². The van der Waals surface area contributed by atoms with Gasteiger partial charge in [-0.2, -0.15) is 4.98 Å². The van der Waals surface area contributed by atoms with Gasteiger partial charge in [0.25, 0.3) is 0 Å². The molecule has 3 rings (SSSR count). The summed E-state index contributed by atoms with van der Waals surface area (Å²) in [6.07, 6.45) is 1.66. The SMILES string of the molecule is CCc1ccc(-c2noc(CN(C)C3CCS(=O)(=O)C3)n2)cc1. The van der Waals surface area contributed by atoms with Gasteiger partial charge in [0, 0.05) is 11.6 Å². The minimum absolute atomic E-state index is 0.0270. The van der Waals surface area contributed by atoms with Crippen LogP contribution in [-0.2, 0) is 22.8 Å². The highest BCUT2D eigenvalue weighted by molar-refractivity contribution is 7.91. The van der Waals surface area contributed by atoms with Crippen molar-refractivity contribution in [1.29, 1.82) is 0 Å². The Morgan fingerprint density at radius 3 is 2.65 bits per heavy atom. The molecule has 124 valence electrons. The van der Waals surface area contributed by atoms with Gasteiger partial charge in [-0.3, -0.25) is 4.90 Å². The van der Waals surface area contributed by atoms with Crippen LogP contribution >= 0.6 is 0 Å². The van der Waals surface area contributed by atoms with E-state index >= 15 is 0 Å². The number of aromatic nitrogens is 2. The molecule has 1 fully saturated rings. The predicted molar refractivity (Wildman–Crippen MR) is 87.6 cm³/mol. The zero-order valence-electron chi connectivity index (χ0n) is 13.4. The lowest BCUT2D eigenvalue weighted by Gasteiger charge is -2.20. The van der Waals surface area contributed by atoms with E-state index in [1.807, 2.05) is 24.1 Å². The van der Waals surface area contributed by atoms with Crippen molar-refractivity contribution in [1.82, 2.24) is 15.0 Å². The number of aryl methyl sites for hydroxylation is 1. The summed E-state index contributed by atoms with van der Waals surface area (Å²) in [6.45, 7) is 2.57. The molecular formula is C16H21N3O3S. The van der Waals surface area contributed by atoms with Crippen molar-refractivity contribution in [2.24, 2.45) is 0 Å². The molecule has 7 heteroatoms. The first-order chi connectivity index (χ1) is 11.0. The van der Waals surface area contributed by atoms with Gasteiger partial charge in [-0.25, -0.2) is 8.42 Å². The van der Waals surface area contributed by atoms with Gasteiger partial charge < -0.3 is 4.52 Å². The van der Waals surface area contributed by atoms with E-state index in [2.05, 4.69) is 29.2 Å². The fourth-order valence-electron chi connectivity index (χ4n) is 2.79. The average Bonchev–Trinajstić information content (AvgIpc) is 3.14. The summed E-state index contributed by atoms with van der Waals surface area (Å²) in [4.78, 5) is 6.39. The molecule has 0 bridgehead atoms. The van der Waals surface area contributed by atoms with Gasteiger partial charge in [0.2, 0.25) is 11.7 Å². The summed E-state index contributed by atoms with van der Waals surface area (Å²) in [5.41, 5.74) is 2.18. The molecule has 0 aliphatic carbocycles. The molecule has 0 saturated carbocycles. The highest BCUT2D eigenvalue weighted by Crippen LogP contribution is 2.20. The molecule has 2 heterocycles. The minimum Gasteiger partial charge on any atom is -0.338 e. The van der Waals surface area contributed by atoms with Crippen LogP contribution in [0.4, 0.5) is 0 Å². The van der Waals surface area contributed by atoms with Crippen LogP contribution in [0.15, 0.2) is 28.8 Å². The fourth-order valence-corrected chi connectivity index (χ4v) is 4.60. The van der Waals surface area contributed by atoms with Crippen LogP contribution in [0.2, 0.25) is 0 Å². The standard InChI is InChI=1S/C16H21N3O3S/c1-3-12-4-6-13(7-5-12)16-17-15(22-18-16)10-19(2)14-8-9-23(20,21)11-14/h4-7,14H,3,8-11H2,1-2H3. The van der Waals surface area contributed by atoms with E-state index in [1.54, 1.807) is 0 Å². The Balaban J connectivity index is 1.67. The third kappa shape index (κ3) is 3.79. The number of hydrogen-bond donors (Lipinski definition) is 0. The topological polar surface area (TPSA) is 76.3 Å². The van der Waals surface area contributed by atoms with Gasteiger partial charge >= 0.3 is 0 Å². The number of benzene rings is 1. The summed E-state index contributed by atoms with van der Waals surface area (Å²) in [5.74, 6) is 1.55. The van der Waals surface area contributed by atoms with E-state index in [9.17, 15) is 8.42 Å². The van der Waals surface area contributed by atoms with Crippen LogP contribution in [0, 0.1) is 0 Å². The van der Waals surface area contributed by atoms with Gasteiger partial charge in [-0.05, 0) is 25.5 Å². The van der Waals surface area contributed by atoms with Crippen molar-refractivity contribution >= 4 is 9.84 Å². The van der Waals surface area contributed by atoms with E-state index in [0.29, 0.717) is 24.7 Å². The molecule has 0 amide bonds. The molecule has 1 aromatic heterocycles. The Morgan fingerprint density at radius 2 is 2.04 bits per heavy atom. The summed E-state index contributed by atoms with van der Waals surface area (Å²) >= 11 is 0. The highest BCUT2D eigenvalue weighted by Gasteiger charge is 2.31. The lowest BCUT2D eigenvalue weighted by molar-refractivity contribution is 0.218. The molecule has 1 aromatic carbocycles. The summed E-state index contributed by atoms with van der Waals surface area (Å²) in [7, 11) is -0.991. The van der Waals surface area contributed by atoms with Crippen LogP contribution in [0.1, 0.15) is 24.8 Å². The van der Waals surface area contributed by atoms with E-state index < -0.39 is 9.84 Å². The van der Waals surface area contributed by atoms with Crippen LogP contribution in [-0.4, -0.2) is 48.1 Å². The van der Waals surface area contributed by atoms with E-state index in [4.69, 9.17) is 4.52 Å². The lowest BCUT2D eigenvalue weighted by atomic mass is 10.1. The molecule has 1 aliphatic rings. The molecular weight excluding hydrogens is 314 g/mol. The first kappa shape index (κ1) is 16.1. The van der Waals surface area contributed by atoms with Crippen molar-refractivity contribution < 1.29 is 12.9 Å². The molecule has 0 N–H and O–H groups in total. The predicted octanol–water partition coefficient (Wildman–Crippen LogP) is 1.92. The van der Waals surface area contributed by atoms with E-state index in [-0.39, 0.29) is 17.5 Å². The molecule has 2 aromatic rings. The first-order valence-electron chi connectivity index (χ1n) is 7.79. The number of nitrogens with zero attached hydrogens (tertiary/aromatic N) is 3. The van der Waals surface area contributed by atoms with Gasteiger partial charge in [0.15, 0.2) is 9.84 Å². The monoisotopic (exact) mass is 335 g/mol. The molecule has 23 heavy (non-hydrogen) atoms. The first-order valence-corrected chi connectivity index (χ1v) is 9.61. The van der Waals surface area contributed by atoms with E-state index in [1.165, 1.54) is 5.56 Å². The fraction of sp³-hybridized carbons (Fsp3) is 0.500. The minimum atomic E-state index is -2.89. The largest absolute Gasteiger partial charge is 0.338 e. The molecule has 1 saturated heterocycles. The van der Waals surface area contributed by atoms with E-state index in [0.717, 1.165) is 12.0 Å². The van der Waals surface area contributed by atoms with Gasteiger partial charge in [-0.1, -0.05) is 36.3 Å². The average molecular weight is 335 g/mol. The Labute approximate surface area is 136 Å². The third-order valence-corrected chi connectivity index (χ3v) is 6.06. The van der Waals surface area contributed by atoms with Gasteiger partial charge in [0.1, 0.15) is 0 Å². The van der Waals surface area contributed by atoms with Crippen LogP contribution < -0.4 is 0 Å². The molecule has 6 nitrogen and oxygen atoms in total. The van der Waals surface area contributed by atoms with Gasteiger partial charge in [-0.15, -0.1) is 0 Å². The Hall–Kier alpha value is -1.73. The van der Waals surface area contributed by atoms with Crippen molar-refractivity contribution in [2.75, 3.05) is 18.6 Å². The van der Waals surface area contributed by atoms with Crippen LogP contribution in [0.3, 0.4) is 0 Å². The van der Waals surface area contributed by atoms with Crippen LogP contribution in [0.5, 0.6) is 0 Å². The summed E-state index contributed by atoms with van der Waals surface area (Å²) in [5, 5.41) is 4.02. The number of sulfone groups is 1. The number of hydrogen-bond acceptors (Lipinski definition) is 6. The van der Waals surface area contributed by atoms with Crippen molar-refractivity contribution in [2.45, 2.75) is 32.4 Å². The second-order valence-corrected chi connectivity index (χ2v) is 8.26. The quantitative estimate of drug-likeness (QED) is 0.831. The van der Waals surface area contributed by atoms with Crippen molar-refractivity contribution in [3.8, 4) is 11.4 Å². The Bertz CT molecular complexity index is 768. The third-order valence-electron chi connectivity index (χ3n) is 4.30. The highest BCUT2D eigenvalue weighted by atomic mass is 32.2. The maximum atomic E-state index is 11.6. The molecule has 1 aliphatic heterocycles. The summed E-state index contributed by atoms with van der Waals surface area (Å²) < 4.78 is 28.4. The van der Waals surface area contributed by atoms with Crippen LogP contribution in [0.25, 0.3) is 11.4 Å². The number of rotatable bonds is 5. The lowest BCUT2D eigenvalue weighted by Crippen LogP contribution is -2.32. The molecule has 0 spiro atoms. The molecule has 1 unspecified atom stereocenters. The Morgan fingerprint density at radius 1 is 1.30 bits per heavy atom. The zero-order valence-corrected chi connectivity index (χ0v) is 14.2. The van der Waals surface area contributed by atoms with Gasteiger partial charge in [0.05, 0.1) is 18.1 Å². The molecule has 0 radical (unpaired) electrons. The van der Waals surface area contributed by atoms with Crippen molar-refractivity contribution in [3.05, 3.63) is 35.7 Å².